The highest BCUT2D eigenvalue weighted by Gasteiger charge is 2.41. The first-order chi connectivity index (χ1) is 15.5. The summed E-state index contributed by atoms with van der Waals surface area (Å²) in [6, 6.07) is 7.61. The van der Waals surface area contributed by atoms with Crippen LogP contribution >= 0.6 is 11.8 Å². The second kappa shape index (κ2) is 9.92. The molecule has 2 unspecified atom stereocenters. The number of amides is 1. The summed E-state index contributed by atoms with van der Waals surface area (Å²) in [5.74, 6) is -0.459. The van der Waals surface area contributed by atoms with E-state index in [1.54, 1.807) is 0 Å². The molecular formula is C24H29N3O4S. The topological polar surface area (TPSA) is 80.2 Å². The largest absolute Gasteiger partial charge is 0.466 e. The van der Waals surface area contributed by atoms with Gasteiger partial charge in [-0.2, -0.15) is 0 Å². The number of amidine groups is 1. The van der Waals surface area contributed by atoms with Gasteiger partial charge in [0, 0.05) is 18.8 Å². The van der Waals surface area contributed by atoms with Gasteiger partial charge in [-0.25, -0.2) is 9.79 Å². The van der Waals surface area contributed by atoms with Crippen molar-refractivity contribution < 1.29 is 19.1 Å². The van der Waals surface area contributed by atoms with Crippen molar-refractivity contribution in [3.63, 3.8) is 0 Å². The van der Waals surface area contributed by atoms with Crippen molar-refractivity contribution in [2.24, 2.45) is 4.99 Å². The van der Waals surface area contributed by atoms with Crippen molar-refractivity contribution in [1.29, 1.82) is 0 Å². The first-order valence-corrected chi connectivity index (χ1v) is 11.9. The van der Waals surface area contributed by atoms with E-state index in [9.17, 15) is 9.59 Å². The van der Waals surface area contributed by atoms with E-state index in [1.165, 1.54) is 18.9 Å². The average Bonchev–Trinajstić information content (AvgIpc) is 3.46. The Morgan fingerprint density at radius 3 is 2.84 bits per heavy atom. The predicted octanol–water partition coefficient (Wildman–Crippen LogP) is 3.82. The molecule has 32 heavy (non-hydrogen) atoms. The van der Waals surface area contributed by atoms with Gasteiger partial charge in [-0.15, -0.1) is 0 Å². The standard InChI is InChI=1S/C24H29N3O4S/c1-4-19-21(23(29)30-3)22(18-10-6-5-8-15(18)2)27-16(14-32-24(27)26-19)12-20(28)25-13-17-9-7-11-31-17/h5-6,8,10,14,17,22H,4,7,9,11-13H2,1-3H3,(H,25,28). The number of aryl methyl sites for hydroxylation is 1. The highest BCUT2D eigenvalue weighted by molar-refractivity contribution is 8.16. The number of benzene rings is 1. The summed E-state index contributed by atoms with van der Waals surface area (Å²) in [7, 11) is 1.39. The van der Waals surface area contributed by atoms with Gasteiger partial charge >= 0.3 is 5.97 Å². The van der Waals surface area contributed by atoms with E-state index in [0.29, 0.717) is 18.5 Å². The van der Waals surface area contributed by atoms with Crippen LogP contribution in [0, 0.1) is 6.92 Å². The molecule has 0 aliphatic carbocycles. The molecule has 4 rings (SSSR count). The molecule has 1 aromatic rings. The van der Waals surface area contributed by atoms with Gasteiger partial charge in [0.05, 0.1) is 36.9 Å². The number of carbonyl (C=O) groups is 2. The quantitative estimate of drug-likeness (QED) is 0.630. The summed E-state index contributed by atoms with van der Waals surface area (Å²) in [5.41, 5.74) is 4.14. The highest BCUT2D eigenvalue weighted by Crippen LogP contribution is 2.46. The minimum atomic E-state index is -0.392. The van der Waals surface area contributed by atoms with Gasteiger partial charge in [0.1, 0.15) is 0 Å². The van der Waals surface area contributed by atoms with Crippen LogP contribution in [0.15, 0.2) is 51.6 Å². The summed E-state index contributed by atoms with van der Waals surface area (Å²) in [5, 5.41) is 5.74. The summed E-state index contributed by atoms with van der Waals surface area (Å²) in [4.78, 5) is 32.4. The Bertz CT molecular complexity index is 995. The van der Waals surface area contributed by atoms with Gasteiger partial charge in [-0.1, -0.05) is 43.0 Å². The predicted molar refractivity (Wildman–Crippen MR) is 125 cm³/mol. The lowest BCUT2D eigenvalue weighted by Gasteiger charge is -2.37. The molecule has 0 saturated carbocycles. The zero-order valence-corrected chi connectivity index (χ0v) is 19.5. The Hall–Kier alpha value is -2.58. The minimum absolute atomic E-state index is 0.0676. The molecule has 1 aromatic carbocycles. The summed E-state index contributed by atoms with van der Waals surface area (Å²) in [6.45, 7) is 5.30. The van der Waals surface area contributed by atoms with E-state index in [-0.39, 0.29) is 18.4 Å². The number of methoxy groups -OCH3 is 1. The first kappa shape index (κ1) is 22.6. The van der Waals surface area contributed by atoms with E-state index >= 15 is 0 Å². The highest BCUT2D eigenvalue weighted by atomic mass is 32.2. The van der Waals surface area contributed by atoms with Crippen LogP contribution in [-0.4, -0.2) is 48.3 Å². The third kappa shape index (κ3) is 4.47. The molecule has 0 bridgehead atoms. The Labute approximate surface area is 192 Å². The fourth-order valence-electron chi connectivity index (χ4n) is 4.36. The number of hydrogen-bond donors (Lipinski definition) is 1. The van der Waals surface area contributed by atoms with Crippen LogP contribution < -0.4 is 5.32 Å². The molecular weight excluding hydrogens is 426 g/mol. The Morgan fingerprint density at radius 1 is 1.34 bits per heavy atom. The third-order valence-corrected chi connectivity index (χ3v) is 6.89. The number of esters is 1. The second-order valence-corrected chi connectivity index (χ2v) is 8.91. The Morgan fingerprint density at radius 2 is 2.16 bits per heavy atom. The lowest BCUT2D eigenvalue weighted by molar-refractivity contribution is -0.136. The molecule has 1 N–H and O–H groups in total. The first-order valence-electron chi connectivity index (χ1n) is 11.0. The molecule has 0 aromatic heterocycles. The fraction of sp³-hybridized carbons (Fsp3) is 0.458. The number of rotatable bonds is 7. The van der Waals surface area contributed by atoms with E-state index in [0.717, 1.165) is 47.1 Å². The average molecular weight is 456 g/mol. The van der Waals surface area contributed by atoms with Gasteiger partial charge in [-0.3, -0.25) is 4.79 Å². The minimum Gasteiger partial charge on any atom is -0.466 e. The van der Waals surface area contributed by atoms with Crippen LogP contribution in [0.2, 0.25) is 0 Å². The Balaban J connectivity index is 1.64. The van der Waals surface area contributed by atoms with Crippen molar-refractivity contribution in [1.82, 2.24) is 10.2 Å². The van der Waals surface area contributed by atoms with E-state index in [1.807, 2.05) is 48.4 Å². The lowest BCUT2D eigenvalue weighted by Crippen LogP contribution is -2.39. The molecule has 3 heterocycles. The number of nitrogens with zero attached hydrogens (tertiary/aromatic N) is 2. The number of fused-ring (bicyclic) bond motifs is 1. The molecule has 1 fully saturated rings. The molecule has 0 radical (unpaired) electrons. The van der Waals surface area contributed by atoms with E-state index in [2.05, 4.69) is 5.32 Å². The fourth-order valence-corrected chi connectivity index (χ4v) is 5.30. The number of carbonyl (C=O) groups excluding carboxylic acids is 2. The lowest BCUT2D eigenvalue weighted by atomic mass is 9.90. The maximum absolute atomic E-state index is 12.9. The number of hydrogen-bond acceptors (Lipinski definition) is 7. The normalized spacial score (nSPS) is 22.4. The molecule has 7 nitrogen and oxygen atoms in total. The van der Waals surface area contributed by atoms with Crippen LogP contribution in [0.4, 0.5) is 0 Å². The molecule has 1 amide bonds. The van der Waals surface area contributed by atoms with E-state index in [4.69, 9.17) is 14.5 Å². The van der Waals surface area contributed by atoms with Crippen molar-refractivity contribution in [3.05, 3.63) is 57.8 Å². The molecule has 1 saturated heterocycles. The molecule has 3 aliphatic heterocycles. The van der Waals surface area contributed by atoms with Gasteiger partial charge in [-0.05, 0) is 42.7 Å². The maximum Gasteiger partial charge on any atom is 0.338 e. The van der Waals surface area contributed by atoms with Crippen molar-refractivity contribution in [2.45, 2.75) is 51.7 Å². The molecule has 3 aliphatic rings. The van der Waals surface area contributed by atoms with Crippen LogP contribution in [0.3, 0.4) is 0 Å². The monoisotopic (exact) mass is 455 g/mol. The van der Waals surface area contributed by atoms with Gasteiger partial charge in [0.2, 0.25) is 5.91 Å². The van der Waals surface area contributed by atoms with Crippen LogP contribution in [0.5, 0.6) is 0 Å². The van der Waals surface area contributed by atoms with Gasteiger partial charge in [0.25, 0.3) is 0 Å². The van der Waals surface area contributed by atoms with Crippen LogP contribution in [0.25, 0.3) is 0 Å². The number of thioether (sulfide) groups is 1. The van der Waals surface area contributed by atoms with Crippen molar-refractivity contribution >= 4 is 28.8 Å². The molecule has 170 valence electrons. The zero-order valence-electron chi connectivity index (χ0n) is 18.7. The molecule has 8 heteroatoms. The smallest absolute Gasteiger partial charge is 0.338 e. The van der Waals surface area contributed by atoms with Crippen LogP contribution in [-0.2, 0) is 19.1 Å². The molecule has 2 atom stereocenters. The maximum atomic E-state index is 12.9. The zero-order chi connectivity index (χ0) is 22.7. The number of nitrogens with one attached hydrogen (secondary N) is 1. The second-order valence-electron chi connectivity index (χ2n) is 8.07. The number of ether oxygens (including phenoxy) is 2. The number of aliphatic imine (C=N–C) groups is 1. The Kier molecular flexibility index (Phi) is 7.01. The van der Waals surface area contributed by atoms with Crippen molar-refractivity contribution in [3.8, 4) is 0 Å². The summed E-state index contributed by atoms with van der Waals surface area (Å²) < 4.78 is 10.8. The van der Waals surface area contributed by atoms with E-state index < -0.39 is 12.0 Å². The SMILES string of the molecule is CCC1=C(C(=O)OC)C(c2ccccc2C)N2C(CC(=O)NCC3CCCO3)=CSC2=N1. The van der Waals surface area contributed by atoms with Gasteiger partial charge in [0.15, 0.2) is 5.17 Å². The third-order valence-electron chi connectivity index (χ3n) is 6.00. The summed E-state index contributed by atoms with van der Waals surface area (Å²) in [6.07, 6.45) is 2.93. The number of allylic oxidation sites excluding steroid dienone is 1. The summed E-state index contributed by atoms with van der Waals surface area (Å²) >= 11 is 1.49. The van der Waals surface area contributed by atoms with Gasteiger partial charge < -0.3 is 19.7 Å². The van der Waals surface area contributed by atoms with Crippen molar-refractivity contribution in [2.75, 3.05) is 20.3 Å². The van der Waals surface area contributed by atoms with Crippen LogP contribution in [0.1, 0.15) is 49.8 Å². The molecule has 0 spiro atoms.